The molecule has 0 atom stereocenters. The Bertz CT molecular complexity index is 3.90. The molecule has 0 unspecified atom stereocenters. The van der Waals surface area contributed by atoms with Crippen LogP contribution in [0.25, 0.3) is 0 Å². The van der Waals surface area contributed by atoms with Crippen LogP contribution in [0.5, 0.6) is 0 Å². The predicted molar refractivity (Wildman–Crippen MR) is 14.5 cm³/mol. The van der Waals surface area contributed by atoms with Gasteiger partial charge in [-0.25, -0.2) is 0 Å². The van der Waals surface area contributed by atoms with E-state index in [1.54, 1.807) is 0 Å². The summed E-state index contributed by atoms with van der Waals surface area (Å²) in [4.78, 5) is 0. The number of hydrogen-bond acceptors (Lipinski definition) is 0. The molecule has 0 aromatic carbocycles. The van der Waals surface area contributed by atoms with Crippen molar-refractivity contribution < 1.29 is 54.3 Å². The Balaban J connectivity index is 0. The first-order valence-corrected chi connectivity index (χ1v) is 0. The molecule has 0 heterocycles. The fourth-order valence-electron chi connectivity index (χ4n) is 0. The Morgan fingerprint density at radius 3 is 0.500 bits per heavy atom. The van der Waals surface area contributed by atoms with Crippen LogP contribution >= 0.6 is 24.8 Å². The monoisotopic (exact) mass is 232 g/mol. The topological polar surface area (TPSA) is 0 Å². The molecule has 0 aliphatic carbocycles. The van der Waals surface area contributed by atoms with Crippen LogP contribution in [0, 0.1) is 0 Å². The van der Waals surface area contributed by atoms with Gasteiger partial charge in [0.05, 0.1) is 0 Å². The third-order valence-corrected chi connectivity index (χ3v) is 0. The van der Waals surface area contributed by atoms with Crippen molar-refractivity contribution in [3.8, 4) is 0 Å². The summed E-state index contributed by atoms with van der Waals surface area (Å²) in [7, 11) is 0. The molecule has 0 aliphatic heterocycles. The molecule has 0 radical (unpaired) electrons. The molecule has 44 valence electrons. The molecular weight excluding hydrogens is 232 g/mol. The summed E-state index contributed by atoms with van der Waals surface area (Å²) in [6.07, 6.45) is 0. The van der Waals surface area contributed by atoms with Gasteiger partial charge >= 0.3 is 17.1 Å². The Morgan fingerprint density at radius 1 is 0.500 bits per heavy atom. The van der Waals surface area contributed by atoms with Gasteiger partial charge in [0, 0.05) is 0 Å². The zero-order chi connectivity index (χ0) is 0. The fourth-order valence-corrected chi connectivity index (χ4v) is 0. The van der Waals surface area contributed by atoms with E-state index in [4.69, 9.17) is 0 Å². The maximum atomic E-state index is 0. The van der Waals surface area contributed by atoms with E-state index in [2.05, 4.69) is 0 Å². The van der Waals surface area contributed by atoms with Crippen LogP contribution < -0.4 is 37.2 Å². The summed E-state index contributed by atoms with van der Waals surface area (Å²) >= 11 is 0. The smallest absolute Gasteiger partial charge is 1.00 e. The maximum Gasteiger partial charge on any atom is 3.00 e. The second-order valence-electron chi connectivity index (χ2n) is 0. The van der Waals surface area contributed by atoms with Crippen LogP contribution in [0.3, 0.4) is 0 Å². The molecular formula is H2Cl5Mn. The van der Waals surface area contributed by atoms with Gasteiger partial charge in [0.15, 0.2) is 0 Å². The van der Waals surface area contributed by atoms with Gasteiger partial charge in [0.25, 0.3) is 0 Å². The van der Waals surface area contributed by atoms with Gasteiger partial charge in [-0.2, -0.15) is 0 Å². The summed E-state index contributed by atoms with van der Waals surface area (Å²) in [6, 6.07) is 0. The first kappa shape index (κ1) is 99.8. The molecule has 0 bridgehead atoms. The van der Waals surface area contributed by atoms with E-state index in [0.29, 0.717) is 0 Å². The van der Waals surface area contributed by atoms with Crippen LogP contribution in [-0.4, -0.2) is 0 Å². The average Bonchev–Trinajstić information content (AvgIpc) is 0. The van der Waals surface area contributed by atoms with E-state index in [1.165, 1.54) is 0 Å². The summed E-state index contributed by atoms with van der Waals surface area (Å²) in [5.74, 6) is 0. The molecule has 0 nitrogen and oxygen atoms in total. The van der Waals surface area contributed by atoms with E-state index < -0.39 is 0 Å². The van der Waals surface area contributed by atoms with Crippen molar-refractivity contribution in [2.24, 2.45) is 0 Å². The summed E-state index contributed by atoms with van der Waals surface area (Å²) in [5, 5.41) is 0. The van der Waals surface area contributed by atoms with E-state index >= 15 is 0 Å². The first-order chi connectivity index (χ1) is 0. The van der Waals surface area contributed by atoms with Gasteiger partial charge in [0.1, 0.15) is 0 Å². The molecule has 0 saturated carbocycles. The average molecular weight is 234 g/mol. The molecule has 0 amide bonds. The summed E-state index contributed by atoms with van der Waals surface area (Å²) in [6.45, 7) is 0. The number of rotatable bonds is 0. The van der Waals surface area contributed by atoms with Crippen molar-refractivity contribution in [3.05, 3.63) is 0 Å². The molecule has 6 heavy (non-hydrogen) atoms. The maximum absolute atomic E-state index is 0. The van der Waals surface area contributed by atoms with Gasteiger partial charge in [-0.1, -0.05) is 0 Å². The van der Waals surface area contributed by atoms with Crippen LogP contribution in [0.4, 0.5) is 0 Å². The standard InChI is InChI=1S/5ClH.Mn/h5*1H;/q;;;;;+3/p-3. The van der Waals surface area contributed by atoms with Crippen molar-refractivity contribution in [1.82, 2.24) is 0 Å². The second-order valence-corrected chi connectivity index (χ2v) is 0. The largest absolute Gasteiger partial charge is 3.00 e. The summed E-state index contributed by atoms with van der Waals surface area (Å²) < 4.78 is 0. The van der Waals surface area contributed by atoms with Crippen molar-refractivity contribution in [2.45, 2.75) is 0 Å². The second kappa shape index (κ2) is 64.0. The minimum atomic E-state index is 0. The number of halogens is 5. The van der Waals surface area contributed by atoms with Crippen molar-refractivity contribution in [1.29, 1.82) is 0 Å². The van der Waals surface area contributed by atoms with Crippen LogP contribution in [0.15, 0.2) is 0 Å². The van der Waals surface area contributed by atoms with Gasteiger partial charge < -0.3 is 37.2 Å². The summed E-state index contributed by atoms with van der Waals surface area (Å²) in [5.41, 5.74) is 0. The fraction of sp³-hybridized carbons (Fsp3) is 0. The molecule has 0 N–H and O–H groups in total. The first-order valence-electron chi connectivity index (χ1n) is 0. The van der Waals surface area contributed by atoms with Crippen LogP contribution in [-0.2, 0) is 17.1 Å². The molecule has 0 aliphatic rings. The Kier molecular flexibility index (Phi) is 1060. The SMILES string of the molecule is Cl.Cl.[Cl-].[Cl-].[Cl-].[Mn+3]. The third kappa shape index (κ3) is 38.0. The van der Waals surface area contributed by atoms with Crippen LogP contribution in [0.1, 0.15) is 0 Å². The van der Waals surface area contributed by atoms with Gasteiger partial charge in [-0.05, 0) is 0 Å². The zero-order valence-electron chi connectivity index (χ0n) is 2.33. The van der Waals surface area contributed by atoms with E-state index in [9.17, 15) is 0 Å². The van der Waals surface area contributed by atoms with Crippen LogP contribution in [0.2, 0.25) is 0 Å². The predicted octanol–water partition coefficient (Wildman–Crippen LogP) is -8.15. The van der Waals surface area contributed by atoms with Gasteiger partial charge in [0.2, 0.25) is 0 Å². The van der Waals surface area contributed by atoms with Crippen molar-refractivity contribution >= 4 is 24.8 Å². The van der Waals surface area contributed by atoms with Crippen molar-refractivity contribution in [3.63, 3.8) is 0 Å². The number of hydrogen-bond donors (Lipinski definition) is 0. The normalized spacial score (nSPS) is 0. The molecule has 0 saturated heterocycles. The minimum absolute atomic E-state index is 0. The van der Waals surface area contributed by atoms with Gasteiger partial charge in [-0.3, -0.25) is 0 Å². The Morgan fingerprint density at radius 2 is 0.500 bits per heavy atom. The molecule has 0 rings (SSSR count). The van der Waals surface area contributed by atoms with E-state index in [0.717, 1.165) is 0 Å². The Hall–Kier alpha value is 1.97. The van der Waals surface area contributed by atoms with Gasteiger partial charge in [-0.15, -0.1) is 24.8 Å². The molecule has 6 heteroatoms. The zero-order valence-corrected chi connectivity index (χ0v) is 7.41. The quantitative estimate of drug-likeness (QED) is 0.365. The third-order valence-electron chi connectivity index (χ3n) is 0. The molecule has 0 spiro atoms. The van der Waals surface area contributed by atoms with E-state index in [1.807, 2.05) is 0 Å². The van der Waals surface area contributed by atoms with E-state index in [-0.39, 0.29) is 79.1 Å². The van der Waals surface area contributed by atoms with Crippen molar-refractivity contribution in [2.75, 3.05) is 0 Å². The minimum Gasteiger partial charge on any atom is -1.00 e. The molecule has 0 aromatic heterocycles. The Labute approximate surface area is 78.7 Å². The molecule has 0 fully saturated rings. The molecule has 0 aromatic rings.